The van der Waals surface area contributed by atoms with Crippen LogP contribution in [0.1, 0.15) is 34.4 Å². The van der Waals surface area contributed by atoms with Crippen LogP contribution in [0.25, 0.3) is 0 Å². The molecule has 2 aliphatic rings. The molecule has 2 aliphatic heterocycles. The molecule has 2 unspecified atom stereocenters. The quantitative estimate of drug-likeness (QED) is 0.203. The van der Waals surface area contributed by atoms with E-state index in [4.69, 9.17) is 0 Å². The molecule has 2 atom stereocenters. The van der Waals surface area contributed by atoms with Crippen LogP contribution in [0.3, 0.4) is 0 Å². The zero-order valence-electron chi connectivity index (χ0n) is 27.1. The fraction of sp³-hybridized carbons (Fsp3) is 0.400. The van der Waals surface area contributed by atoms with Crippen LogP contribution >= 0.6 is 0 Å². The summed E-state index contributed by atoms with van der Waals surface area (Å²) >= 11 is 0. The number of carbonyl (C=O) groups is 1. The Morgan fingerprint density at radius 2 is 1.00 bits per heavy atom. The first-order chi connectivity index (χ1) is 24.0. The van der Waals surface area contributed by atoms with Gasteiger partial charge in [-0.05, 0) is 48.5 Å². The lowest BCUT2D eigenvalue weighted by molar-refractivity contribution is -0.138. The van der Waals surface area contributed by atoms with E-state index in [1.54, 1.807) is 36.7 Å². The van der Waals surface area contributed by atoms with Crippen molar-refractivity contribution in [3.8, 4) is 0 Å². The van der Waals surface area contributed by atoms with E-state index >= 15 is 0 Å². The summed E-state index contributed by atoms with van der Waals surface area (Å²) < 4.78 is 80.0. The van der Waals surface area contributed by atoms with Crippen LogP contribution in [0.5, 0.6) is 0 Å². The zero-order valence-corrected chi connectivity index (χ0v) is 27.1. The molecule has 2 aromatic heterocycles. The molecule has 6 rings (SSSR count). The molecule has 2 fully saturated rings. The zero-order chi connectivity index (χ0) is 35.3. The Hall–Kier alpha value is -4.63. The highest BCUT2D eigenvalue weighted by atomic mass is 19.4. The van der Waals surface area contributed by atoms with Gasteiger partial charge in [-0.1, -0.05) is 12.1 Å². The van der Waals surface area contributed by atoms with Gasteiger partial charge in [-0.15, -0.1) is 0 Å². The number of rotatable bonds is 10. The summed E-state index contributed by atoms with van der Waals surface area (Å²) in [5, 5.41) is 0. The Morgan fingerprint density at radius 1 is 0.600 bits per heavy atom. The van der Waals surface area contributed by atoms with Crippen LogP contribution in [0.15, 0.2) is 85.7 Å². The van der Waals surface area contributed by atoms with Gasteiger partial charge in [0.2, 0.25) is 0 Å². The van der Waals surface area contributed by atoms with E-state index in [0.29, 0.717) is 88.2 Å². The van der Waals surface area contributed by atoms with Crippen molar-refractivity contribution in [3.63, 3.8) is 0 Å². The second kappa shape index (κ2) is 15.1. The molecular weight excluding hydrogens is 662 g/mol. The minimum absolute atomic E-state index is 0.0944. The molecule has 4 aromatic rings. The van der Waals surface area contributed by atoms with Crippen LogP contribution in [-0.2, 0) is 17.1 Å². The topological polar surface area (TPSA) is 81.6 Å². The summed E-state index contributed by atoms with van der Waals surface area (Å²) in [4.78, 5) is 39.6. The van der Waals surface area contributed by atoms with Gasteiger partial charge in [0.1, 0.15) is 12.7 Å². The SMILES string of the molecule is O=C(C(CN1CCN(c2cccc(C(F)(F)F)c2)CC1)c1ccncn1)C(CN1CCN(c2cccc(C(F)(F)F)c2)CC1)c1ccncn1. The highest BCUT2D eigenvalue weighted by Crippen LogP contribution is 2.34. The fourth-order valence-electron chi connectivity index (χ4n) is 6.57. The number of carbonyl (C=O) groups excluding carboxylic acids is 1. The van der Waals surface area contributed by atoms with Gasteiger partial charge in [0.05, 0.1) is 34.4 Å². The summed E-state index contributed by atoms with van der Waals surface area (Å²) in [6, 6.07) is 14.0. The van der Waals surface area contributed by atoms with Crippen molar-refractivity contribution >= 4 is 17.2 Å². The number of benzene rings is 2. The molecule has 0 N–H and O–H groups in total. The van der Waals surface area contributed by atoms with E-state index in [9.17, 15) is 31.1 Å². The molecule has 0 aliphatic carbocycles. The molecule has 9 nitrogen and oxygen atoms in total. The standard InChI is InChI=1S/C35H36F6N8O/c36-34(37,38)25-3-1-5-27(19-25)48-15-11-46(12-16-48)21-29(31-7-9-42-23-44-31)33(50)30(32-8-10-43-24-45-32)22-47-13-17-49(18-14-47)28-6-2-4-26(20-28)35(39,40)41/h1-10,19-20,23-24,29-30H,11-18,21-22H2. The number of hydrogen-bond donors (Lipinski definition) is 0. The third-order valence-corrected chi connectivity index (χ3v) is 9.31. The summed E-state index contributed by atoms with van der Waals surface area (Å²) in [6.45, 7) is 4.74. The smallest absolute Gasteiger partial charge is 0.369 e. The third-order valence-electron chi connectivity index (χ3n) is 9.31. The molecule has 2 saturated heterocycles. The molecule has 50 heavy (non-hydrogen) atoms. The first kappa shape index (κ1) is 35.2. The van der Waals surface area contributed by atoms with Gasteiger partial charge < -0.3 is 9.80 Å². The molecule has 15 heteroatoms. The normalized spacial score (nSPS) is 17.8. The Bertz CT molecular complexity index is 1580. The van der Waals surface area contributed by atoms with Gasteiger partial charge in [-0.25, -0.2) is 19.9 Å². The molecular formula is C35H36F6N8O. The maximum atomic E-state index is 14.6. The number of piperazine rings is 2. The lowest BCUT2D eigenvalue weighted by Crippen LogP contribution is -2.50. The number of alkyl halides is 6. The number of nitrogens with zero attached hydrogens (tertiary/aromatic N) is 8. The molecule has 0 bridgehead atoms. The highest BCUT2D eigenvalue weighted by Gasteiger charge is 2.36. The number of anilines is 2. The second-order valence-corrected chi connectivity index (χ2v) is 12.4. The van der Waals surface area contributed by atoms with E-state index in [2.05, 4.69) is 29.7 Å². The summed E-state index contributed by atoms with van der Waals surface area (Å²) in [5.74, 6) is -1.39. The third kappa shape index (κ3) is 8.56. The summed E-state index contributed by atoms with van der Waals surface area (Å²) in [5.41, 5.74) is 0.719. The van der Waals surface area contributed by atoms with Gasteiger partial charge in [0.25, 0.3) is 0 Å². The van der Waals surface area contributed by atoms with Crippen molar-refractivity contribution in [2.75, 3.05) is 75.2 Å². The maximum Gasteiger partial charge on any atom is 0.416 e. The number of ketones is 1. The molecule has 4 heterocycles. The van der Waals surface area contributed by atoms with Crippen LogP contribution in [0.4, 0.5) is 37.7 Å². The van der Waals surface area contributed by atoms with Crippen molar-refractivity contribution < 1.29 is 31.1 Å². The molecule has 264 valence electrons. The van der Waals surface area contributed by atoms with Crippen LogP contribution in [0.2, 0.25) is 0 Å². The van der Waals surface area contributed by atoms with Crippen LogP contribution in [0, 0.1) is 0 Å². The Morgan fingerprint density at radius 3 is 1.34 bits per heavy atom. The largest absolute Gasteiger partial charge is 0.416 e. The van der Waals surface area contributed by atoms with Crippen molar-refractivity contribution in [3.05, 3.63) is 108 Å². The summed E-state index contributed by atoms with van der Waals surface area (Å²) in [6.07, 6.45) is -2.90. The van der Waals surface area contributed by atoms with Crippen LogP contribution in [-0.4, -0.2) is 101 Å². The molecule has 0 amide bonds. The second-order valence-electron chi connectivity index (χ2n) is 12.4. The first-order valence-electron chi connectivity index (χ1n) is 16.3. The average molecular weight is 699 g/mol. The van der Waals surface area contributed by atoms with E-state index in [-0.39, 0.29) is 5.78 Å². The minimum atomic E-state index is -4.43. The fourth-order valence-corrected chi connectivity index (χ4v) is 6.57. The average Bonchev–Trinajstić information content (AvgIpc) is 3.13. The van der Waals surface area contributed by atoms with Crippen molar-refractivity contribution in [1.82, 2.24) is 29.7 Å². The molecule has 0 radical (unpaired) electrons. The van der Waals surface area contributed by atoms with Gasteiger partial charge in [-0.3, -0.25) is 14.6 Å². The van der Waals surface area contributed by atoms with E-state index in [1.807, 2.05) is 9.80 Å². The predicted octanol–water partition coefficient (Wildman–Crippen LogP) is 5.39. The van der Waals surface area contributed by atoms with E-state index in [1.165, 1.54) is 24.8 Å². The monoisotopic (exact) mass is 698 g/mol. The van der Waals surface area contributed by atoms with Gasteiger partial charge in [0.15, 0.2) is 5.78 Å². The van der Waals surface area contributed by atoms with Crippen molar-refractivity contribution in [2.24, 2.45) is 0 Å². The Labute approximate surface area is 285 Å². The number of hydrogen-bond acceptors (Lipinski definition) is 9. The summed E-state index contributed by atoms with van der Waals surface area (Å²) in [7, 11) is 0. The lowest BCUT2D eigenvalue weighted by atomic mass is 9.86. The van der Waals surface area contributed by atoms with Crippen LogP contribution < -0.4 is 9.80 Å². The number of Topliss-reactive ketones (excluding diaryl/α,β-unsaturated/α-hetero) is 1. The Kier molecular flexibility index (Phi) is 10.6. The van der Waals surface area contributed by atoms with Gasteiger partial charge in [-0.2, -0.15) is 26.3 Å². The maximum absolute atomic E-state index is 14.6. The van der Waals surface area contributed by atoms with Crippen molar-refractivity contribution in [2.45, 2.75) is 24.2 Å². The van der Waals surface area contributed by atoms with E-state index < -0.39 is 35.3 Å². The highest BCUT2D eigenvalue weighted by molar-refractivity contribution is 5.91. The van der Waals surface area contributed by atoms with E-state index in [0.717, 1.165) is 24.3 Å². The minimum Gasteiger partial charge on any atom is -0.369 e. The lowest BCUT2D eigenvalue weighted by Gasteiger charge is -2.39. The van der Waals surface area contributed by atoms with Crippen molar-refractivity contribution in [1.29, 1.82) is 0 Å². The Balaban J connectivity index is 1.16. The van der Waals surface area contributed by atoms with Gasteiger partial charge in [0, 0.05) is 89.2 Å². The molecule has 2 aromatic carbocycles. The first-order valence-corrected chi connectivity index (χ1v) is 16.3. The molecule has 0 spiro atoms. The number of halogens is 6. The number of aromatic nitrogens is 4. The molecule has 0 saturated carbocycles. The van der Waals surface area contributed by atoms with Gasteiger partial charge >= 0.3 is 12.4 Å². The predicted molar refractivity (Wildman–Crippen MR) is 175 cm³/mol.